The minimum absolute atomic E-state index is 0.142. The zero-order valence-corrected chi connectivity index (χ0v) is 13.9. The van der Waals surface area contributed by atoms with Gasteiger partial charge in [-0.15, -0.1) is 0 Å². The number of benzene rings is 1. The molecule has 24 heavy (non-hydrogen) atoms. The summed E-state index contributed by atoms with van der Waals surface area (Å²) in [7, 11) is 3.67. The molecule has 0 spiro atoms. The number of ether oxygens (including phenoxy) is 2. The normalized spacial score (nSPS) is 15.1. The van der Waals surface area contributed by atoms with Gasteiger partial charge in [0.2, 0.25) is 17.5 Å². The van der Waals surface area contributed by atoms with Crippen LogP contribution in [-0.4, -0.2) is 50.2 Å². The van der Waals surface area contributed by atoms with E-state index in [1.165, 1.54) is 0 Å². The summed E-state index contributed by atoms with van der Waals surface area (Å²) in [6, 6.07) is 9.48. The van der Waals surface area contributed by atoms with Crippen LogP contribution >= 0.6 is 0 Å². The first-order valence-electron chi connectivity index (χ1n) is 7.80. The van der Waals surface area contributed by atoms with Gasteiger partial charge >= 0.3 is 0 Å². The average molecular weight is 328 g/mol. The minimum Gasteiger partial charge on any atom is -0.493 e. The zero-order valence-electron chi connectivity index (χ0n) is 13.9. The van der Waals surface area contributed by atoms with Gasteiger partial charge in [0.05, 0.1) is 7.11 Å². The maximum absolute atomic E-state index is 9.31. The van der Waals surface area contributed by atoms with Gasteiger partial charge in [-0.25, -0.2) is 0 Å². The second kappa shape index (κ2) is 7.23. The highest BCUT2D eigenvalue weighted by molar-refractivity contribution is 5.48. The molecule has 0 bridgehead atoms. The number of nitrogens with zero attached hydrogens (tertiary/aromatic N) is 4. The Morgan fingerprint density at radius 2 is 1.92 bits per heavy atom. The fourth-order valence-corrected chi connectivity index (χ4v) is 2.59. The van der Waals surface area contributed by atoms with Crippen molar-refractivity contribution in [2.45, 2.75) is 6.61 Å². The molecule has 0 N–H and O–H groups in total. The van der Waals surface area contributed by atoms with Gasteiger partial charge in [0.1, 0.15) is 6.07 Å². The number of likely N-dealkylation sites (N-methyl/N-ethyl adjacent to an activating group) is 1. The number of methoxy groups -OCH3 is 1. The van der Waals surface area contributed by atoms with Crippen LogP contribution in [0.4, 0.5) is 5.88 Å². The van der Waals surface area contributed by atoms with Crippen LogP contribution in [0.5, 0.6) is 11.5 Å². The van der Waals surface area contributed by atoms with Crippen molar-refractivity contribution in [1.29, 1.82) is 5.26 Å². The van der Waals surface area contributed by atoms with Crippen LogP contribution in [0.25, 0.3) is 0 Å². The highest BCUT2D eigenvalue weighted by atomic mass is 16.5. The topological polar surface area (TPSA) is 74.8 Å². The number of para-hydroxylation sites is 2. The summed E-state index contributed by atoms with van der Waals surface area (Å²) in [5.74, 6) is 2.16. The molecule has 0 saturated carbocycles. The van der Waals surface area contributed by atoms with E-state index < -0.39 is 0 Å². The molecule has 1 aliphatic heterocycles. The standard InChI is InChI=1S/C17H20N4O3/c1-20-7-9-21(10-8-20)17-13(11-18)19-16(24-17)12-23-15-6-4-3-5-14(15)22-2/h3-6H,7-10,12H2,1-2H3. The second-order valence-corrected chi connectivity index (χ2v) is 5.60. The van der Waals surface area contributed by atoms with Crippen LogP contribution in [0.3, 0.4) is 0 Å². The van der Waals surface area contributed by atoms with Crippen molar-refractivity contribution in [2.24, 2.45) is 0 Å². The monoisotopic (exact) mass is 328 g/mol. The first kappa shape index (κ1) is 16.1. The van der Waals surface area contributed by atoms with E-state index in [0.717, 1.165) is 26.2 Å². The van der Waals surface area contributed by atoms with Gasteiger partial charge in [-0.1, -0.05) is 12.1 Å². The number of anilines is 1. The fourth-order valence-electron chi connectivity index (χ4n) is 2.59. The zero-order chi connectivity index (χ0) is 16.9. The Hall–Kier alpha value is -2.72. The molecule has 7 heteroatoms. The summed E-state index contributed by atoms with van der Waals surface area (Å²) < 4.78 is 16.7. The molecule has 7 nitrogen and oxygen atoms in total. The first-order chi connectivity index (χ1) is 11.7. The van der Waals surface area contributed by atoms with Crippen LogP contribution in [0.15, 0.2) is 28.7 Å². The number of rotatable bonds is 5. The average Bonchev–Trinajstić information content (AvgIpc) is 3.04. The molecule has 0 aliphatic carbocycles. The molecule has 2 aromatic rings. The molecule has 2 heterocycles. The van der Waals surface area contributed by atoms with Crippen molar-refractivity contribution in [2.75, 3.05) is 45.2 Å². The lowest BCUT2D eigenvalue weighted by atomic mass is 10.3. The van der Waals surface area contributed by atoms with Crippen LogP contribution < -0.4 is 14.4 Å². The van der Waals surface area contributed by atoms with Gasteiger partial charge in [-0.3, -0.25) is 0 Å². The van der Waals surface area contributed by atoms with Crippen molar-refractivity contribution in [1.82, 2.24) is 9.88 Å². The largest absolute Gasteiger partial charge is 0.493 e. The smallest absolute Gasteiger partial charge is 0.236 e. The highest BCUT2D eigenvalue weighted by Gasteiger charge is 2.23. The van der Waals surface area contributed by atoms with E-state index in [2.05, 4.69) is 27.9 Å². The van der Waals surface area contributed by atoms with Crippen LogP contribution in [-0.2, 0) is 6.61 Å². The van der Waals surface area contributed by atoms with Gasteiger partial charge in [0, 0.05) is 26.2 Å². The quantitative estimate of drug-likeness (QED) is 0.829. The Labute approximate surface area is 141 Å². The van der Waals surface area contributed by atoms with Crippen LogP contribution in [0.1, 0.15) is 11.6 Å². The van der Waals surface area contributed by atoms with E-state index in [-0.39, 0.29) is 6.61 Å². The third-order valence-electron chi connectivity index (χ3n) is 3.97. The minimum atomic E-state index is 0.142. The number of aromatic nitrogens is 1. The summed E-state index contributed by atoms with van der Waals surface area (Å²) in [6.07, 6.45) is 0. The van der Waals surface area contributed by atoms with E-state index in [9.17, 15) is 5.26 Å². The molecule has 0 radical (unpaired) electrons. The van der Waals surface area contributed by atoms with Gasteiger partial charge < -0.3 is 23.7 Å². The number of hydrogen-bond donors (Lipinski definition) is 0. The first-order valence-corrected chi connectivity index (χ1v) is 7.80. The Bertz CT molecular complexity index is 730. The molecule has 0 amide bonds. The molecule has 1 fully saturated rings. The number of oxazole rings is 1. The third-order valence-corrected chi connectivity index (χ3v) is 3.97. The third kappa shape index (κ3) is 3.44. The second-order valence-electron chi connectivity index (χ2n) is 5.60. The van der Waals surface area contributed by atoms with Crippen molar-refractivity contribution in [3.8, 4) is 17.6 Å². The van der Waals surface area contributed by atoms with E-state index >= 15 is 0 Å². The molecule has 1 aliphatic rings. The molecule has 0 atom stereocenters. The Morgan fingerprint density at radius 3 is 2.58 bits per heavy atom. The van der Waals surface area contributed by atoms with Gasteiger partial charge in [-0.05, 0) is 19.2 Å². The Morgan fingerprint density at radius 1 is 1.21 bits per heavy atom. The molecule has 3 rings (SSSR count). The lowest BCUT2D eigenvalue weighted by Gasteiger charge is -2.31. The van der Waals surface area contributed by atoms with E-state index in [1.54, 1.807) is 7.11 Å². The van der Waals surface area contributed by atoms with Crippen LogP contribution in [0.2, 0.25) is 0 Å². The van der Waals surface area contributed by atoms with Crippen molar-refractivity contribution in [3.63, 3.8) is 0 Å². The van der Waals surface area contributed by atoms with Gasteiger partial charge in [0.15, 0.2) is 18.1 Å². The number of piperazine rings is 1. The van der Waals surface area contributed by atoms with E-state index in [1.807, 2.05) is 24.3 Å². The Kier molecular flexibility index (Phi) is 4.87. The molecule has 126 valence electrons. The lowest BCUT2D eigenvalue weighted by molar-refractivity contribution is 0.248. The Balaban J connectivity index is 1.72. The summed E-state index contributed by atoms with van der Waals surface area (Å²) in [6.45, 7) is 3.63. The molecule has 1 aromatic carbocycles. The summed E-state index contributed by atoms with van der Waals surface area (Å²) in [5.41, 5.74) is 0.304. The summed E-state index contributed by atoms with van der Waals surface area (Å²) >= 11 is 0. The van der Waals surface area contributed by atoms with Gasteiger partial charge in [-0.2, -0.15) is 10.2 Å². The predicted octanol–water partition coefficient (Wildman–Crippen LogP) is 1.89. The number of hydrogen-bond acceptors (Lipinski definition) is 7. The fraction of sp³-hybridized carbons (Fsp3) is 0.412. The highest BCUT2D eigenvalue weighted by Crippen LogP contribution is 2.28. The predicted molar refractivity (Wildman–Crippen MR) is 88.3 cm³/mol. The number of nitriles is 1. The molecular formula is C17H20N4O3. The van der Waals surface area contributed by atoms with Crippen molar-refractivity contribution < 1.29 is 13.9 Å². The maximum Gasteiger partial charge on any atom is 0.236 e. The SMILES string of the molecule is COc1ccccc1OCc1nc(C#N)c(N2CCN(C)CC2)o1. The van der Waals surface area contributed by atoms with Crippen LogP contribution in [0, 0.1) is 11.3 Å². The van der Waals surface area contributed by atoms with E-state index in [0.29, 0.717) is 29.0 Å². The molecule has 1 saturated heterocycles. The molecule has 0 unspecified atom stereocenters. The maximum atomic E-state index is 9.31. The van der Waals surface area contributed by atoms with Crippen molar-refractivity contribution in [3.05, 3.63) is 35.9 Å². The summed E-state index contributed by atoms with van der Waals surface area (Å²) in [4.78, 5) is 8.54. The van der Waals surface area contributed by atoms with E-state index in [4.69, 9.17) is 13.9 Å². The lowest BCUT2D eigenvalue weighted by Crippen LogP contribution is -2.44. The van der Waals surface area contributed by atoms with Gasteiger partial charge in [0.25, 0.3) is 0 Å². The summed E-state index contributed by atoms with van der Waals surface area (Å²) in [5, 5.41) is 9.31. The molecule has 1 aromatic heterocycles. The molecular weight excluding hydrogens is 308 g/mol. The van der Waals surface area contributed by atoms with Crippen molar-refractivity contribution >= 4 is 5.88 Å².